The van der Waals surface area contributed by atoms with Crippen molar-refractivity contribution in [2.45, 2.75) is 32.7 Å². The predicted octanol–water partition coefficient (Wildman–Crippen LogP) is 1.06. The van der Waals surface area contributed by atoms with Crippen molar-refractivity contribution < 1.29 is 4.79 Å². The number of hydrogen-bond acceptors (Lipinski definition) is 4. The maximum absolute atomic E-state index is 12.3. The summed E-state index contributed by atoms with van der Waals surface area (Å²) < 4.78 is 0. The molecule has 0 bridgehead atoms. The van der Waals surface area contributed by atoms with Gasteiger partial charge in [-0.05, 0) is 31.0 Å². The molecule has 3 rings (SSSR count). The zero-order chi connectivity index (χ0) is 18.0. The largest absolute Gasteiger partial charge is 0.346 e. The second kappa shape index (κ2) is 6.76. The lowest BCUT2D eigenvalue weighted by atomic mass is 10.2. The van der Waals surface area contributed by atoms with Gasteiger partial charge in [0.1, 0.15) is 5.82 Å². The van der Waals surface area contributed by atoms with Crippen LogP contribution >= 0.6 is 0 Å². The van der Waals surface area contributed by atoms with Crippen molar-refractivity contribution in [2.75, 3.05) is 0 Å². The van der Waals surface area contributed by atoms with Gasteiger partial charge in [0.25, 0.3) is 5.56 Å². The number of fused-ring (bicyclic) bond motifs is 1. The minimum absolute atomic E-state index is 0.123. The Morgan fingerprint density at radius 2 is 2.08 bits per heavy atom. The number of H-pyrrole nitrogens is 3. The minimum Gasteiger partial charge on any atom is -0.346 e. The standard InChI is InChI=1S/C17H19N5O3/c1-3-11(15-20-12-5-4-9(2)6-13(12)21-15)19-14(23)7-10-8-18-17(25)22-16(10)24/h4-6,8,11H,3,7H2,1-2H3,(H,19,23)(H,20,21)(H2,18,22,24,25). The number of aromatic nitrogens is 4. The Morgan fingerprint density at radius 3 is 2.80 bits per heavy atom. The number of nitrogens with one attached hydrogen (secondary N) is 4. The van der Waals surface area contributed by atoms with Gasteiger partial charge in [-0.1, -0.05) is 13.0 Å². The first-order chi connectivity index (χ1) is 12.0. The van der Waals surface area contributed by atoms with Crippen molar-refractivity contribution in [1.82, 2.24) is 25.3 Å². The minimum atomic E-state index is -0.599. The summed E-state index contributed by atoms with van der Waals surface area (Å²) in [5, 5.41) is 2.87. The van der Waals surface area contributed by atoms with Gasteiger partial charge >= 0.3 is 5.69 Å². The number of rotatable bonds is 5. The summed E-state index contributed by atoms with van der Waals surface area (Å²) in [7, 11) is 0. The van der Waals surface area contributed by atoms with Crippen molar-refractivity contribution in [3.05, 3.63) is 62.2 Å². The van der Waals surface area contributed by atoms with Crippen LogP contribution in [0, 0.1) is 6.92 Å². The topological polar surface area (TPSA) is 124 Å². The molecule has 2 aromatic heterocycles. The first-order valence-electron chi connectivity index (χ1n) is 8.02. The molecular weight excluding hydrogens is 322 g/mol. The van der Waals surface area contributed by atoms with Crippen molar-refractivity contribution in [3.63, 3.8) is 0 Å². The fraction of sp³-hybridized carbons (Fsp3) is 0.294. The maximum Gasteiger partial charge on any atom is 0.325 e. The lowest BCUT2D eigenvalue weighted by Crippen LogP contribution is -2.33. The van der Waals surface area contributed by atoms with Crippen molar-refractivity contribution in [1.29, 1.82) is 0 Å². The summed E-state index contributed by atoms with van der Waals surface area (Å²) in [5.74, 6) is 0.355. The summed E-state index contributed by atoms with van der Waals surface area (Å²) in [4.78, 5) is 47.2. The van der Waals surface area contributed by atoms with E-state index in [0.717, 1.165) is 16.6 Å². The SMILES string of the molecule is CCC(NC(=O)Cc1c[nH]c(=O)[nH]c1=O)c1nc2ccc(C)cc2[nH]1. The third-order valence-corrected chi connectivity index (χ3v) is 3.98. The van der Waals surface area contributed by atoms with E-state index in [4.69, 9.17) is 0 Å². The number of imidazole rings is 1. The molecule has 130 valence electrons. The Bertz CT molecular complexity index is 1030. The summed E-state index contributed by atoms with van der Waals surface area (Å²) in [6, 6.07) is 5.62. The van der Waals surface area contributed by atoms with E-state index in [1.54, 1.807) is 0 Å². The van der Waals surface area contributed by atoms with E-state index in [1.807, 2.05) is 32.0 Å². The molecule has 0 saturated heterocycles. The number of aryl methyl sites for hydroxylation is 1. The number of amides is 1. The van der Waals surface area contributed by atoms with Gasteiger partial charge in [-0.25, -0.2) is 9.78 Å². The highest BCUT2D eigenvalue weighted by Gasteiger charge is 2.17. The van der Waals surface area contributed by atoms with Gasteiger partial charge in [-0.3, -0.25) is 14.6 Å². The molecule has 1 unspecified atom stereocenters. The molecule has 0 spiro atoms. The van der Waals surface area contributed by atoms with Crippen LogP contribution in [-0.2, 0) is 11.2 Å². The highest BCUT2D eigenvalue weighted by atomic mass is 16.2. The first-order valence-corrected chi connectivity index (χ1v) is 8.02. The quantitative estimate of drug-likeness (QED) is 0.554. The maximum atomic E-state index is 12.3. The zero-order valence-corrected chi connectivity index (χ0v) is 14.0. The normalized spacial score (nSPS) is 12.2. The Balaban J connectivity index is 1.77. The van der Waals surface area contributed by atoms with Gasteiger partial charge in [0, 0.05) is 11.8 Å². The molecule has 1 aromatic carbocycles. The van der Waals surface area contributed by atoms with E-state index in [-0.39, 0.29) is 23.9 Å². The number of carbonyl (C=O) groups excluding carboxylic acids is 1. The molecule has 0 fully saturated rings. The molecule has 8 heteroatoms. The monoisotopic (exact) mass is 341 g/mol. The van der Waals surface area contributed by atoms with Crippen molar-refractivity contribution in [3.8, 4) is 0 Å². The smallest absolute Gasteiger partial charge is 0.325 e. The molecule has 4 N–H and O–H groups in total. The van der Waals surface area contributed by atoms with Crippen LogP contribution in [0.2, 0.25) is 0 Å². The number of hydrogen-bond donors (Lipinski definition) is 4. The van der Waals surface area contributed by atoms with Crippen LogP contribution in [0.1, 0.15) is 36.3 Å². The molecule has 0 saturated carbocycles. The van der Waals surface area contributed by atoms with E-state index in [1.165, 1.54) is 6.20 Å². The van der Waals surface area contributed by atoms with Crippen molar-refractivity contribution >= 4 is 16.9 Å². The van der Waals surface area contributed by atoms with E-state index < -0.39 is 11.2 Å². The highest BCUT2D eigenvalue weighted by Crippen LogP contribution is 2.19. The number of carbonyl (C=O) groups is 1. The second-order valence-electron chi connectivity index (χ2n) is 5.94. The van der Waals surface area contributed by atoms with Crippen LogP contribution in [0.15, 0.2) is 34.0 Å². The Labute approximate surface area is 142 Å². The summed E-state index contributed by atoms with van der Waals surface area (Å²) in [6.07, 6.45) is 1.78. The van der Waals surface area contributed by atoms with Gasteiger partial charge in [0.2, 0.25) is 5.91 Å². The molecule has 3 aromatic rings. The van der Waals surface area contributed by atoms with Crippen molar-refractivity contribution in [2.24, 2.45) is 0 Å². The average Bonchev–Trinajstić information content (AvgIpc) is 2.98. The van der Waals surface area contributed by atoms with E-state index in [0.29, 0.717) is 12.2 Å². The Kier molecular flexibility index (Phi) is 4.51. The van der Waals surface area contributed by atoms with E-state index in [9.17, 15) is 14.4 Å². The van der Waals surface area contributed by atoms with Crippen LogP contribution in [-0.4, -0.2) is 25.8 Å². The highest BCUT2D eigenvalue weighted by molar-refractivity contribution is 5.79. The predicted molar refractivity (Wildman–Crippen MR) is 93.4 cm³/mol. The summed E-state index contributed by atoms with van der Waals surface area (Å²) in [6.45, 7) is 3.94. The van der Waals surface area contributed by atoms with Gasteiger partial charge in [-0.2, -0.15) is 0 Å². The van der Waals surface area contributed by atoms with Crippen LogP contribution in [0.3, 0.4) is 0 Å². The molecule has 0 radical (unpaired) electrons. The van der Waals surface area contributed by atoms with Gasteiger partial charge < -0.3 is 15.3 Å². The van der Waals surface area contributed by atoms with Gasteiger partial charge in [0.15, 0.2) is 0 Å². The fourth-order valence-electron chi connectivity index (χ4n) is 2.66. The Hall–Kier alpha value is -3.16. The van der Waals surface area contributed by atoms with Crippen LogP contribution < -0.4 is 16.6 Å². The number of benzene rings is 1. The molecule has 1 atom stereocenters. The average molecular weight is 341 g/mol. The molecule has 1 amide bonds. The van der Waals surface area contributed by atoms with E-state index >= 15 is 0 Å². The summed E-state index contributed by atoms with van der Waals surface area (Å²) in [5.41, 5.74) is 1.92. The van der Waals surface area contributed by atoms with E-state index in [2.05, 4.69) is 25.3 Å². The van der Waals surface area contributed by atoms with Crippen LogP contribution in [0.4, 0.5) is 0 Å². The second-order valence-corrected chi connectivity index (χ2v) is 5.94. The molecule has 0 aliphatic heterocycles. The van der Waals surface area contributed by atoms with Gasteiger partial charge in [-0.15, -0.1) is 0 Å². The van der Waals surface area contributed by atoms with Crippen LogP contribution in [0.25, 0.3) is 11.0 Å². The molecule has 0 aliphatic carbocycles. The molecule has 8 nitrogen and oxygen atoms in total. The summed E-state index contributed by atoms with van der Waals surface area (Å²) >= 11 is 0. The van der Waals surface area contributed by atoms with Crippen LogP contribution in [0.5, 0.6) is 0 Å². The first kappa shape index (κ1) is 16.7. The number of nitrogens with zero attached hydrogens (tertiary/aromatic N) is 1. The van der Waals surface area contributed by atoms with Gasteiger partial charge in [0.05, 0.1) is 23.5 Å². The molecular formula is C17H19N5O3. The fourth-order valence-corrected chi connectivity index (χ4v) is 2.66. The molecule has 2 heterocycles. The third kappa shape index (κ3) is 3.68. The lowest BCUT2D eigenvalue weighted by molar-refractivity contribution is -0.121. The third-order valence-electron chi connectivity index (χ3n) is 3.98. The zero-order valence-electron chi connectivity index (χ0n) is 14.0. The molecule has 25 heavy (non-hydrogen) atoms. The molecule has 0 aliphatic rings. The Morgan fingerprint density at radius 1 is 1.28 bits per heavy atom. The number of aromatic amines is 3. The lowest BCUT2D eigenvalue weighted by Gasteiger charge is -2.14.